The first-order valence-electron chi connectivity index (χ1n) is 9.38. The molecule has 0 aromatic heterocycles. The van der Waals surface area contributed by atoms with Crippen molar-refractivity contribution < 1.29 is 76.3 Å². The normalized spacial score (nSPS) is 8.94. The van der Waals surface area contributed by atoms with Crippen molar-refractivity contribution in [2.75, 3.05) is 0 Å². The molecule has 0 heterocycles. The van der Waals surface area contributed by atoms with E-state index in [0.717, 1.165) is 11.8 Å². The zero-order chi connectivity index (χ0) is 23.6. The maximum absolute atomic E-state index is 11.2. The molecule has 0 aliphatic carbocycles. The molecule has 2 N–H and O–H groups in total. The van der Waals surface area contributed by atoms with Crippen molar-refractivity contribution in [1.82, 2.24) is 0 Å². The molecule has 2 aromatic carbocycles. The van der Waals surface area contributed by atoms with Crippen molar-refractivity contribution in [3.63, 3.8) is 0 Å². The number of aldehydes is 1. The van der Waals surface area contributed by atoms with Gasteiger partial charge < -0.3 is 15.0 Å². The second-order valence-corrected chi connectivity index (χ2v) is 5.92. The molecule has 0 aliphatic heterocycles. The predicted octanol–water partition coefficient (Wildman–Crippen LogP) is 4.30. The topological polar surface area (TPSA) is 126 Å². The van der Waals surface area contributed by atoms with E-state index in [1.807, 2.05) is 0 Å². The fourth-order valence-corrected chi connectivity index (χ4v) is 1.98. The number of hydrogen-bond acceptors (Lipinski definition) is 5. The monoisotopic (exact) mass is 808 g/mol. The van der Waals surface area contributed by atoms with Crippen LogP contribution in [0, 0.1) is 12.1 Å². The number of carboxylic acids is 2. The molecule has 0 fully saturated rings. The number of benzene rings is 2. The summed E-state index contributed by atoms with van der Waals surface area (Å²) < 4.78 is 0. The second-order valence-electron chi connectivity index (χ2n) is 5.92. The minimum atomic E-state index is -1.41. The van der Waals surface area contributed by atoms with Crippen LogP contribution < -0.4 is 0 Å². The molecule has 34 heavy (non-hydrogen) atoms. The summed E-state index contributed by atoms with van der Waals surface area (Å²) in [5, 5.41) is 16.5. The largest absolute Gasteiger partial charge is 0.476 e. The zero-order valence-corrected chi connectivity index (χ0v) is 24.0. The standard InChI is InChI=1S/C12H11O3.C7H5O.C5H8O3.CH4.2W/c1-2-10(11(13)12(14)15)8-9-6-4-3-5-7-9;8-6-7-4-2-1-3-5-7;1-2-3-4(6)5(7)8;;;/h4-8H,2H2,1H3,(H,14,15);2-6H;2-3H2,1H3,(H,7,8);1H4;;/q2*-1;;;;/b10-8+;;;;;. The summed E-state index contributed by atoms with van der Waals surface area (Å²) in [6.45, 7) is 3.52. The van der Waals surface area contributed by atoms with Gasteiger partial charge in [0.05, 0.1) is 0 Å². The molecule has 0 bridgehead atoms. The Balaban J connectivity index is -0.000000205. The van der Waals surface area contributed by atoms with E-state index in [1.54, 1.807) is 68.5 Å². The van der Waals surface area contributed by atoms with Gasteiger partial charge in [0.15, 0.2) is 0 Å². The van der Waals surface area contributed by atoms with Gasteiger partial charge in [-0.2, -0.15) is 60.7 Å². The zero-order valence-electron chi connectivity index (χ0n) is 18.1. The summed E-state index contributed by atoms with van der Waals surface area (Å²) in [4.78, 5) is 51.6. The Morgan fingerprint density at radius 1 is 0.824 bits per heavy atom. The molecule has 2 rings (SSSR count). The summed E-state index contributed by atoms with van der Waals surface area (Å²) in [5.74, 6) is -4.28. The van der Waals surface area contributed by atoms with Crippen molar-refractivity contribution in [1.29, 1.82) is 0 Å². The van der Waals surface area contributed by atoms with Gasteiger partial charge in [0, 0.05) is 54.1 Å². The first kappa shape index (κ1) is 38.8. The summed E-state index contributed by atoms with van der Waals surface area (Å²) in [5.41, 5.74) is 1.80. The van der Waals surface area contributed by atoms with E-state index >= 15 is 0 Å². The molecule has 184 valence electrons. The van der Waals surface area contributed by atoms with Crippen LogP contribution in [0.15, 0.2) is 54.1 Å². The molecule has 0 saturated heterocycles. The van der Waals surface area contributed by atoms with E-state index in [4.69, 9.17) is 10.2 Å². The van der Waals surface area contributed by atoms with Gasteiger partial charge in [0.1, 0.15) is 6.29 Å². The van der Waals surface area contributed by atoms with E-state index in [0.29, 0.717) is 24.0 Å². The van der Waals surface area contributed by atoms with Crippen molar-refractivity contribution in [2.24, 2.45) is 0 Å². The molecular formula is C25H28O7W2-2. The number of ketones is 2. The Labute approximate surface area is 229 Å². The first-order chi connectivity index (χ1) is 14.8. The van der Waals surface area contributed by atoms with Crippen LogP contribution in [0.2, 0.25) is 0 Å². The molecule has 0 atom stereocenters. The summed E-state index contributed by atoms with van der Waals surface area (Å²) >= 11 is 0. The third-order valence-corrected chi connectivity index (χ3v) is 3.55. The molecule has 7 nitrogen and oxygen atoms in total. The first-order valence-corrected chi connectivity index (χ1v) is 9.38. The molecule has 0 spiro atoms. The number of carbonyl (C=O) groups is 5. The van der Waals surface area contributed by atoms with Crippen molar-refractivity contribution in [3.05, 3.63) is 77.4 Å². The van der Waals surface area contributed by atoms with Gasteiger partial charge >= 0.3 is 11.9 Å². The predicted molar refractivity (Wildman–Crippen MR) is 121 cm³/mol. The van der Waals surface area contributed by atoms with Crippen LogP contribution in [0.4, 0.5) is 0 Å². The Morgan fingerprint density at radius 2 is 1.26 bits per heavy atom. The minimum absolute atomic E-state index is 0. The van der Waals surface area contributed by atoms with Crippen LogP contribution in [0.3, 0.4) is 0 Å². The number of aliphatic carboxylic acids is 2. The number of carboxylic acid groups (broad SMARTS) is 2. The van der Waals surface area contributed by atoms with Crippen LogP contribution in [0.1, 0.15) is 56.5 Å². The van der Waals surface area contributed by atoms with Gasteiger partial charge in [-0.3, -0.25) is 9.59 Å². The van der Waals surface area contributed by atoms with Gasteiger partial charge in [0.25, 0.3) is 5.78 Å². The molecule has 0 aliphatic rings. The third kappa shape index (κ3) is 18.0. The average Bonchev–Trinajstić information content (AvgIpc) is 2.79. The maximum atomic E-state index is 11.2. The maximum Gasteiger partial charge on any atom is 0.376 e. The van der Waals surface area contributed by atoms with Crippen molar-refractivity contribution >= 4 is 35.9 Å². The number of hydrogen-bond donors (Lipinski definition) is 2. The third-order valence-electron chi connectivity index (χ3n) is 3.55. The molecule has 9 heteroatoms. The molecule has 0 saturated carbocycles. The Morgan fingerprint density at radius 3 is 1.53 bits per heavy atom. The Kier molecular flexibility index (Phi) is 27.0. The fourth-order valence-electron chi connectivity index (χ4n) is 1.98. The van der Waals surface area contributed by atoms with Crippen molar-refractivity contribution in [2.45, 2.75) is 40.5 Å². The van der Waals surface area contributed by atoms with E-state index in [1.165, 1.54) is 0 Å². The quantitative estimate of drug-likeness (QED) is 0.177. The molecule has 2 aromatic rings. The number of carbonyl (C=O) groups excluding carboxylic acids is 3. The number of rotatable bonds is 8. The molecule has 0 radical (unpaired) electrons. The van der Waals surface area contributed by atoms with E-state index in [9.17, 15) is 24.0 Å². The second kappa shape index (κ2) is 23.7. The van der Waals surface area contributed by atoms with Gasteiger partial charge in [-0.15, -0.1) is 5.56 Å². The van der Waals surface area contributed by atoms with Crippen LogP contribution in [-0.2, 0) is 61.3 Å². The van der Waals surface area contributed by atoms with E-state index < -0.39 is 23.5 Å². The SMILES string of the molecule is C.CC/C(=C\c1cc[c-]cc1)C(=O)C(=O)O.CCCC(=O)C(=O)O.O=Cc1cc[c-]cc1.[W].[W]. The van der Waals surface area contributed by atoms with Gasteiger partial charge in [0.2, 0.25) is 5.78 Å². The molecule has 0 unspecified atom stereocenters. The van der Waals surface area contributed by atoms with Crippen molar-refractivity contribution in [3.8, 4) is 0 Å². The summed E-state index contributed by atoms with van der Waals surface area (Å²) in [6.07, 6.45) is 3.56. The van der Waals surface area contributed by atoms with Gasteiger partial charge in [-0.25, -0.2) is 9.59 Å². The average molecular weight is 808 g/mol. The van der Waals surface area contributed by atoms with Crippen LogP contribution in [0.25, 0.3) is 6.08 Å². The fraction of sp³-hybridized carbons (Fsp3) is 0.240. The minimum Gasteiger partial charge on any atom is -0.476 e. The number of Topliss-reactive ketones (excluding diaryl/α,β-unsaturated/α-hetero) is 2. The van der Waals surface area contributed by atoms with Crippen LogP contribution in [-0.4, -0.2) is 40.0 Å². The molecule has 0 amide bonds. The summed E-state index contributed by atoms with van der Waals surface area (Å²) in [7, 11) is 0. The smallest absolute Gasteiger partial charge is 0.376 e. The summed E-state index contributed by atoms with van der Waals surface area (Å²) in [6, 6.07) is 19.5. The van der Waals surface area contributed by atoms with Gasteiger partial charge in [-0.05, 0) is 12.8 Å². The Bertz CT molecular complexity index is 896. The Hall–Kier alpha value is -2.49. The van der Waals surface area contributed by atoms with E-state index in [2.05, 4.69) is 12.1 Å². The van der Waals surface area contributed by atoms with Crippen LogP contribution in [0.5, 0.6) is 0 Å². The molecular weight excluding hydrogens is 780 g/mol. The van der Waals surface area contributed by atoms with E-state index in [-0.39, 0.29) is 56.0 Å². The van der Waals surface area contributed by atoms with Gasteiger partial charge in [-0.1, -0.05) is 32.9 Å². The van der Waals surface area contributed by atoms with Crippen LogP contribution >= 0.6 is 0 Å².